The van der Waals surface area contributed by atoms with E-state index in [9.17, 15) is 9.59 Å². The van der Waals surface area contributed by atoms with Crippen molar-refractivity contribution in [2.75, 3.05) is 13.6 Å². The number of likely N-dealkylation sites (N-methyl/N-ethyl adjacent to an activating group) is 1. The van der Waals surface area contributed by atoms with Gasteiger partial charge < -0.3 is 9.80 Å². The molecule has 0 fully saturated rings. The van der Waals surface area contributed by atoms with E-state index in [0.717, 1.165) is 24.0 Å². The first kappa shape index (κ1) is 14.6. The quantitative estimate of drug-likeness (QED) is 0.629. The maximum atomic E-state index is 12.6. The lowest BCUT2D eigenvalue weighted by Gasteiger charge is -2.33. The first-order chi connectivity index (χ1) is 10.6. The lowest BCUT2D eigenvalue weighted by molar-refractivity contribution is -0.136. The van der Waals surface area contributed by atoms with E-state index < -0.39 is 5.91 Å². The predicted molar refractivity (Wildman–Crippen MR) is 80.1 cm³/mol. The predicted octanol–water partition coefficient (Wildman–Crippen LogP) is 0.908. The van der Waals surface area contributed by atoms with E-state index in [2.05, 4.69) is 0 Å². The number of hydrogen-bond acceptors (Lipinski definition) is 4. The molecule has 1 unspecified atom stereocenters. The largest absolute Gasteiger partial charge is 0.369 e. The van der Waals surface area contributed by atoms with Gasteiger partial charge in [0.05, 0.1) is 0 Å². The molecule has 0 aliphatic carbocycles. The van der Waals surface area contributed by atoms with Gasteiger partial charge in [-0.15, -0.1) is 0 Å². The lowest BCUT2D eigenvalue weighted by atomic mass is 9.96. The average molecular weight is 301 g/mol. The summed E-state index contributed by atoms with van der Waals surface area (Å²) in [7, 11) is 1.92. The summed E-state index contributed by atoms with van der Waals surface area (Å²) in [5, 5.41) is 8.69. The van der Waals surface area contributed by atoms with Crippen LogP contribution in [-0.2, 0) is 17.8 Å². The molecule has 2 amide bonds. The second-order valence-corrected chi connectivity index (χ2v) is 5.74. The molecule has 3 rings (SSSR count). The van der Waals surface area contributed by atoms with E-state index in [0.29, 0.717) is 18.7 Å². The van der Waals surface area contributed by atoms with Gasteiger partial charge in [-0.2, -0.15) is 0 Å². The monoisotopic (exact) mass is 301 g/mol. The minimum atomic E-state index is -0.514. The van der Waals surface area contributed by atoms with Crippen LogP contribution in [0.4, 0.5) is 0 Å². The summed E-state index contributed by atoms with van der Waals surface area (Å²) in [6.45, 7) is 1.22. The molecule has 6 heteroatoms. The first-order valence-corrected chi connectivity index (χ1v) is 7.34. The zero-order valence-electron chi connectivity index (χ0n) is 12.5. The summed E-state index contributed by atoms with van der Waals surface area (Å²) >= 11 is 0. The second kappa shape index (κ2) is 5.81. The number of nitrogens with one attached hydrogen (secondary N) is 1. The van der Waals surface area contributed by atoms with Gasteiger partial charge in [-0.05, 0) is 42.3 Å². The number of fused-ring (bicyclic) bond motifs is 1. The van der Waals surface area contributed by atoms with Crippen molar-refractivity contribution in [3.05, 3.63) is 47.2 Å². The molecular formula is C16H19N3O3. The average Bonchev–Trinajstić information content (AvgIpc) is 2.98. The summed E-state index contributed by atoms with van der Waals surface area (Å²) < 4.78 is 0. The van der Waals surface area contributed by atoms with Crippen molar-refractivity contribution in [2.45, 2.75) is 25.4 Å². The van der Waals surface area contributed by atoms with Gasteiger partial charge in [0.2, 0.25) is 5.91 Å². The zero-order chi connectivity index (χ0) is 15.7. The number of carbonyl (C=O) groups excluding carboxylic acids is 2. The number of nitrogens with zero attached hydrogens (tertiary/aromatic N) is 2. The molecule has 0 spiro atoms. The standard InChI is InChI=1S/C16H19N3O3/c1-18-7-2-3-14(18)16(21)19-8-6-11-9-12(15(20)17-22)4-5-13(11)10-19/h2,4-5,7,9,14,22H,3,6,8,10H2,1H3,(H,17,20). The lowest BCUT2D eigenvalue weighted by Crippen LogP contribution is -2.45. The maximum absolute atomic E-state index is 12.6. The molecule has 1 atom stereocenters. The fourth-order valence-electron chi connectivity index (χ4n) is 3.06. The molecule has 116 valence electrons. The van der Waals surface area contributed by atoms with Crippen LogP contribution in [0, 0.1) is 0 Å². The fraction of sp³-hybridized carbons (Fsp3) is 0.375. The van der Waals surface area contributed by atoms with Crippen LogP contribution in [0.15, 0.2) is 30.5 Å². The second-order valence-electron chi connectivity index (χ2n) is 5.74. The topological polar surface area (TPSA) is 72.9 Å². The van der Waals surface area contributed by atoms with Gasteiger partial charge in [-0.1, -0.05) is 12.1 Å². The van der Waals surface area contributed by atoms with Crippen LogP contribution in [0.2, 0.25) is 0 Å². The molecule has 22 heavy (non-hydrogen) atoms. The Morgan fingerprint density at radius 3 is 2.82 bits per heavy atom. The van der Waals surface area contributed by atoms with Crippen LogP contribution in [-0.4, -0.2) is 46.5 Å². The molecule has 0 saturated heterocycles. The number of carbonyl (C=O) groups is 2. The van der Waals surface area contributed by atoms with Crippen LogP contribution in [0.1, 0.15) is 27.9 Å². The Balaban J connectivity index is 1.74. The summed E-state index contributed by atoms with van der Waals surface area (Å²) in [5.41, 5.74) is 4.19. The zero-order valence-corrected chi connectivity index (χ0v) is 12.5. The highest BCUT2D eigenvalue weighted by molar-refractivity contribution is 5.93. The number of rotatable bonds is 2. The van der Waals surface area contributed by atoms with Crippen molar-refractivity contribution < 1.29 is 14.8 Å². The van der Waals surface area contributed by atoms with Crippen LogP contribution in [0.25, 0.3) is 0 Å². The molecule has 6 nitrogen and oxygen atoms in total. The molecule has 1 aromatic carbocycles. The Bertz CT molecular complexity index is 642. The van der Waals surface area contributed by atoms with E-state index in [-0.39, 0.29) is 11.9 Å². The molecule has 2 aliphatic heterocycles. The third-order valence-electron chi connectivity index (χ3n) is 4.37. The van der Waals surface area contributed by atoms with E-state index in [1.54, 1.807) is 17.6 Å². The molecule has 0 aromatic heterocycles. The summed E-state index contributed by atoms with van der Waals surface area (Å²) in [5.74, 6) is -0.365. The molecule has 1 aromatic rings. The third kappa shape index (κ3) is 2.57. The molecule has 0 radical (unpaired) electrons. The van der Waals surface area contributed by atoms with Crippen molar-refractivity contribution in [1.82, 2.24) is 15.3 Å². The van der Waals surface area contributed by atoms with Crippen molar-refractivity contribution in [1.29, 1.82) is 0 Å². The van der Waals surface area contributed by atoms with E-state index in [4.69, 9.17) is 5.21 Å². The van der Waals surface area contributed by atoms with Crippen molar-refractivity contribution >= 4 is 11.8 Å². The van der Waals surface area contributed by atoms with Crippen molar-refractivity contribution in [3.8, 4) is 0 Å². The number of amides is 2. The molecular weight excluding hydrogens is 282 g/mol. The van der Waals surface area contributed by atoms with E-state index in [1.165, 1.54) is 0 Å². The normalized spacial score (nSPS) is 20.0. The van der Waals surface area contributed by atoms with Crippen LogP contribution < -0.4 is 5.48 Å². The number of hydrogen-bond donors (Lipinski definition) is 2. The Morgan fingerprint density at radius 2 is 2.14 bits per heavy atom. The van der Waals surface area contributed by atoms with Crippen LogP contribution in [0.5, 0.6) is 0 Å². The van der Waals surface area contributed by atoms with Gasteiger partial charge in [0.1, 0.15) is 6.04 Å². The smallest absolute Gasteiger partial charge is 0.274 e. The number of hydroxylamine groups is 1. The van der Waals surface area contributed by atoms with Crippen molar-refractivity contribution in [3.63, 3.8) is 0 Å². The minimum Gasteiger partial charge on any atom is -0.369 e. The highest BCUT2D eigenvalue weighted by Crippen LogP contribution is 2.23. The molecule has 0 saturated carbocycles. The molecule has 2 aliphatic rings. The van der Waals surface area contributed by atoms with Crippen molar-refractivity contribution in [2.24, 2.45) is 0 Å². The van der Waals surface area contributed by atoms with E-state index in [1.807, 2.05) is 35.2 Å². The van der Waals surface area contributed by atoms with Gasteiger partial charge in [-0.25, -0.2) is 5.48 Å². The van der Waals surface area contributed by atoms with Gasteiger partial charge in [0.25, 0.3) is 5.91 Å². The molecule has 2 N–H and O–H groups in total. The minimum absolute atomic E-state index is 0.0963. The van der Waals surface area contributed by atoms with Gasteiger partial charge in [0, 0.05) is 25.7 Å². The number of benzene rings is 1. The summed E-state index contributed by atoms with van der Waals surface area (Å²) in [6, 6.07) is 5.21. The first-order valence-electron chi connectivity index (χ1n) is 7.34. The van der Waals surface area contributed by atoms with E-state index >= 15 is 0 Å². The highest BCUT2D eigenvalue weighted by Gasteiger charge is 2.30. The summed E-state index contributed by atoms with van der Waals surface area (Å²) in [6.07, 6.45) is 5.44. The van der Waals surface area contributed by atoms with Gasteiger partial charge in [0.15, 0.2) is 0 Å². The van der Waals surface area contributed by atoms with Gasteiger partial charge in [-0.3, -0.25) is 14.8 Å². The Hall–Kier alpha value is -2.34. The van der Waals surface area contributed by atoms with Gasteiger partial charge >= 0.3 is 0 Å². The SMILES string of the molecule is CN1C=CCC1C(=O)N1CCc2cc(C(=O)NO)ccc2C1. The molecule has 0 bridgehead atoms. The van der Waals surface area contributed by atoms with Crippen LogP contribution in [0.3, 0.4) is 0 Å². The Kier molecular flexibility index (Phi) is 3.85. The fourth-order valence-corrected chi connectivity index (χ4v) is 3.06. The highest BCUT2D eigenvalue weighted by atomic mass is 16.5. The summed E-state index contributed by atoms with van der Waals surface area (Å²) in [4.78, 5) is 27.9. The Labute approximate surface area is 129 Å². The third-order valence-corrected chi connectivity index (χ3v) is 4.37. The maximum Gasteiger partial charge on any atom is 0.274 e. The van der Waals surface area contributed by atoms with Crippen LogP contribution >= 0.6 is 0 Å². The molecule has 2 heterocycles. The Morgan fingerprint density at radius 1 is 1.32 bits per heavy atom.